The first-order valence-corrected chi connectivity index (χ1v) is 11.6. The lowest BCUT2D eigenvalue weighted by Crippen LogP contribution is -2.33. The molecule has 1 aromatic heterocycles. The van der Waals surface area contributed by atoms with E-state index in [1.807, 2.05) is 17.5 Å². The van der Waals surface area contributed by atoms with Gasteiger partial charge in [-0.1, -0.05) is 17.7 Å². The Morgan fingerprint density at radius 2 is 1.71 bits per heavy atom. The van der Waals surface area contributed by atoms with Crippen molar-refractivity contribution in [3.63, 3.8) is 0 Å². The summed E-state index contributed by atoms with van der Waals surface area (Å²) < 4.78 is 16.1. The first-order chi connectivity index (χ1) is 16.4. The van der Waals surface area contributed by atoms with Gasteiger partial charge >= 0.3 is 0 Å². The van der Waals surface area contributed by atoms with E-state index in [0.717, 1.165) is 4.88 Å². The minimum absolute atomic E-state index is 0.0212. The Kier molecular flexibility index (Phi) is 7.09. The summed E-state index contributed by atoms with van der Waals surface area (Å²) in [5.41, 5.74) is 0.196. The molecule has 34 heavy (non-hydrogen) atoms. The number of aliphatic hydroxyl groups excluding tert-OH is 1. The van der Waals surface area contributed by atoms with Gasteiger partial charge in [-0.2, -0.15) is 0 Å². The second kappa shape index (κ2) is 10.2. The van der Waals surface area contributed by atoms with Crippen LogP contribution in [0.15, 0.2) is 65.6 Å². The van der Waals surface area contributed by atoms with Crippen molar-refractivity contribution in [1.82, 2.24) is 4.90 Å². The fourth-order valence-electron chi connectivity index (χ4n) is 3.74. The Balaban J connectivity index is 1.66. The first-order valence-electron chi connectivity index (χ1n) is 10.4. The third-order valence-corrected chi connectivity index (χ3v) is 6.70. The third kappa shape index (κ3) is 4.60. The number of Topliss-reactive ketones (excluding diaryl/α,β-unsaturated/α-hetero) is 1. The normalized spacial score (nSPS) is 17.1. The number of aliphatic hydroxyl groups is 1. The van der Waals surface area contributed by atoms with Gasteiger partial charge in [-0.15, -0.1) is 11.3 Å². The van der Waals surface area contributed by atoms with Crippen LogP contribution in [0, 0.1) is 0 Å². The van der Waals surface area contributed by atoms with Crippen LogP contribution in [0.3, 0.4) is 0 Å². The number of carbonyl (C=O) groups is 2. The zero-order chi connectivity index (χ0) is 24.2. The number of hydrogen-bond acceptors (Lipinski definition) is 7. The number of nitrogens with zero attached hydrogens (tertiary/aromatic N) is 1. The fourth-order valence-corrected chi connectivity index (χ4v) is 4.80. The molecule has 1 aliphatic heterocycles. The van der Waals surface area contributed by atoms with Crippen LogP contribution >= 0.6 is 22.9 Å². The van der Waals surface area contributed by atoms with Gasteiger partial charge < -0.3 is 24.2 Å². The highest BCUT2D eigenvalue weighted by molar-refractivity contribution is 7.10. The van der Waals surface area contributed by atoms with E-state index in [9.17, 15) is 14.7 Å². The highest BCUT2D eigenvalue weighted by atomic mass is 35.5. The average molecular weight is 500 g/mol. The lowest BCUT2D eigenvalue weighted by molar-refractivity contribution is -0.140. The summed E-state index contributed by atoms with van der Waals surface area (Å²) in [6.07, 6.45) is 0. The molecule has 0 spiro atoms. The van der Waals surface area contributed by atoms with Crippen molar-refractivity contribution in [3.8, 4) is 17.2 Å². The second-order valence-corrected chi connectivity index (χ2v) is 8.76. The number of amides is 1. The quantitative estimate of drug-likeness (QED) is 0.269. The number of likely N-dealkylation sites (tertiary alicyclic amines) is 1. The Morgan fingerprint density at radius 3 is 2.35 bits per heavy atom. The molecule has 0 radical (unpaired) electrons. The number of methoxy groups -OCH3 is 2. The number of halogens is 1. The molecule has 1 aliphatic rings. The van der Waals surface area contributed by atoms with Crippen molar-refractivity contribution >= 4 is 40.4 Å². The van der Waals surface area contributed by atoms with Crippen LogP contribution in [0.25, 0.3) is 5.76 Å². The van der Waals surface area contributed by atoms with E-state index in [1.165, 1.54) is 29.4 Å². The van der Waals surface area contributed by atoms with Crippen LogP contribution in [0.1, 0.15) is 16.5 Å². The van der Waals surface area contributed by atoms with Gasteiger partial charge in [0.1, 0.15) is 29.6 Å². The number of ketones is 1. The lowest BCUT2D eigenvalue weighted by atomic mass is 9.99. The van der Waals surface area contributed by atoms with Crippen LogP contribution in [0.2, 0.25) is 5.02 Å². The van der Waals surface area contributed by atoms with E-state index in [1.54, 1.807) is 43.5 Å². The molecule has 2 aromatic carbocycles. The number of rotatable bonds is 8. The van der Waals surface area contributed by atoms with Crippen LogP contribution in [-0.2, 0) is 9.59 Å². The summed E-state index contributed by atoms with van der Waals surface area (Å²) in [6, 6.07) is 14.7. The largest absolute Gasteiger partial charge is 0.507 e. The lowest BCUT2D eigenvalue weighted by Gasteiger charge is -2.24. The van der Waals surface area contributed by atoms with Gasteiger partial charge in [-0.3, -0.25) is 9.59 Å². The molecule has 176 valence electrons. The molecule has 4 rings (SSSR count). The summed E-state index contributed by atoms with van der Waals surface area (Å²) in [5.74, 6) is -0.0726. The molecule has 1 fully saturated rings. The van der Waals surface area contributed by atoms with Crippen molar-refractivity contribution in [2.24, 2.45) is 0 Å². The minimum Gasteiger partial charge on any atom is -0.507 e. The zero-order valence-corrected chi connectivity index (χ0v) is 20.1. The molecule has 1 unspecified atom stereocenters. The van der Waals surface area contributed by atoms with E-state index >= 15 is 0 Å². The Hall–Kier alpha value is -3.49. The standard InChI is InChI=1S/C25H22ClNO6S/c1-31-15-5-7-16(8-6-15)33-12-11-27-22(20-4-3-13-34-20)21(24(29)25(27)30)23(28)18-14-17(32-2)9-10-19(18)26/h3-10,13-14,22,28H,11-12H2,1-2H3/b23-21-. The molecule has 0 bridgehead atoms. The Labute approximate surface area is 205 Å². The predicted molar refractivity (Wildman–Crippen MR) is 130 cm³/mol. The second-order valence-electron chi connectivity index (χ2n) is 7.38. The molecule has 3 aromatic rings. The molecule has 1 N–H and O–H groups in total. The number of ether oxygens (including phenoxy) is 3. The monoisotopic (exact) mass is 499 g/mol. The SMILES string of the molecule is COc1ccc(OCCN2C(=O)C(=O)/C(=C(\O)c3cc(OC)ccc3Cl)C2c2cccs2)cc1. The number of thiophene rings is 1. The molecule has 1 atom stereocenters. The topological polar surface area (TPSA) is 85.3 Å². The summed E-state index contributed by atoms with van der Waals surface area (Å²) >= 11 is 7.69. The van der Waals surface area contributed by atoms with E-state index in [4.69, 9.17) is 25.8 Å². The maximum Gasteiger partial charge on any atom is 0.295 e. The molecule has 1 amide bonds. The first kappa shape index (κ1) is 23.7. The predicted octanol–water partition coefficient (Wildman–Crippen LogP) is 4.92. The van der Waals surface area contributed by atoms with Gasteiger partial charge in [0, 0.05) is 10.4 Å². The highest BCUT2D eigenvalue weighted by Gasteiger charge is 2.46. The van der Waals surface area contributed by atoms with E-state index in [2.05, 4.69) is 0 Å². The molecule has 0 saturated carbocycles. The van der Waals surface area contributed by atoms with Crippen molar-refractivity contribution < 1.29 is 28.9 Å². The van der Waals surface area contributed by atoms with Crippen molar-refractivity contribution in [2.75, 3.05) is 27.4 Å². The van der Waals surface area contributed by atoms with Gasteiger partial charge in [0.15, 0.2) is 0 Å². The van der Waals surface area contributed by atoms with E-state index < -0.39 is 17.7 Å². The number of hydrogen-bond donors (Lipinski definition) is 1. The molecule has 0 aliphatic carbocycles. The van der Waals surface area contributed by atoms with Gasteiger partial charge in [0.25, 0.3) is 11.7 Å². The maximum atomic E-state index is 13.1. The van der Waals surface area contributed by atoms with E-state index in [0.29, 0.717) is 17.2 Å². The highest BCUT2D eigenvalue weighted by Crippen LogP contribution is 2.42. The van der Waals surface area contributed by atoms with Crippen LogP contribution < -0.4 is 14.2 Å². The Bertz CT molecular complexity index is 1220. The molecule has 9 heteroatoms. The van der Waals surface area contributed by atoms with Gasteiger partial charge in [-0.05, 0) is 53.9 Å². The molecule has 7 nitrogen and oxygen atoms in total. The summed E-state index contributed by atoms with van der Waals surface area (Å²) in [4.78, 5) is 28.2. The van der Waals surface area contributed by atoms with Crippen LogP contribution in [-0.4, -0.2) is 49.1 Å². The average Bonchev–Trinajstić information content (AvgIpc) is 3.47. The third-order valence-electron chi connectivity index (χ3n) is 5.44. The smallest absolute Gasteiger partial charge is 0.295 e. The molecular formula is C25H22ClNO6S. The molecule has 2 heterocycles. The van der Waals surface area contributed by atoms with Crippen LogP contribution in [0.5, 0.6) is 17.2 Å². The summed E-state index contributed by atoms with van der Waals surface area (Å²) in [6.45, 7) is 0.295. The fraction of sp³-hybridized carbons (Fsp3) is 0.200. The summed E-state index contributed by atoms with van der Waals surface area (Å²) in [7, 11) is 3.07. The summed E-state index contributed by atoms with van der Waals surface area (Å²) in [5, 5.41) is 13.2. The van der Waals surface area contributed by atoms with Gasteiger partial charge in [0.2, 0.25) is 0 Å². The molecular weight excluding hydrogens is 478 g/mol. The zero-order valence-electron chi connectivity index (χ0n) is 18.5. The van der Waals surface area contributed by atoms with Crippen molar-refractivity contribution in [1.29, 1.82) is 0 Å². The number of benzene rings is 2. The molecule has 1 saturated heterocycles. The van der Waals surface area contributed by atoms with Crippen molar-refractivity contribution in [2.45, 2.75) is 6.04 Å². The minimum atomic E-state index is -0.778. The van der Waals surface area contributed by atoms with Crippen LogP contribution in [0.4, 0.5) is 0 Å². The van der Waals surface area contributed by atoms with E-state index in [-0.39, 0.29) is 35.1 Å². The maximum absolute atomic E-state index is 13.1. The van der Waals surface area contributed by atoms with Crippen molar-refractivity contribution in [3.05, 3.63) is 81.0 Å². The Morgan fingerprint density at radius 1 is 1.03 bits per heavy atom. The van der Waals surface area contributed by atoms with Gasteiger partial charge in [-0.25, -0.2) is 0 Å². The number of carbonyl (C=O) groups excluding carboxylic acids is 2. The van der Waals surface area contributed by atoms with Gasteiger partial charge in [0.05, 0.1) is 37.4 Å².